The molecule has 1 aromatic carbocycles. The Morgan fingerprint density at radius 2 is 1.85 bits per heavy atom. The Morgan fingerprint density at radius 1 is 1.20 bits per heavy atom. The van der Waals surface area contributed by atoms with Crippen LogP contribution < -0.4 is 0 Å². The third-order valence-electron chi connectivity index (χ3n) is 3.28. The topological polar surface area (TPSA) is 68.1 Å². The van der Waals surface area contributed by atoms with Gasteiger partial charge in [-0.15, -0.1) is 0 Å². The van der Waals surface area contributed by atoms with E-state index in [4.69, 9.17) is 11.6 Å². The molecule has 2 heterocycles. The summed E-state index contributed by atoms with van der Waals surface area (Å²) in [6.07, 6.45) is 3.17. The summed E-state index contributed by atoms with van der Waals surface area (Å²) < 4.78 is 26.0. The number of halogens is 1. The van der Waals surface area contributed by atoms with Crippen molar-refractivity contribution in [3.63, 3.8) is 0 Å². The number of aromatic nitrogens is 3. The Morgan fingerprint density at radius 3 is 2.50 bits per heavy atom. The number of rotatable bonds is 4. The Bertz CT molecular complexity index is 696. The predicted octanol–water partition coefficient (Wildman–Crippen LogP) is 1.32. The van der Waals surface area contributed by atoms with E-state index in [1.165, 1.54) is 4.31 Å². The minimum absolute atomic E-state index is 0.0195. The predicted molar refractivity (Wildman–Crippen MR) is 74.7 cm³/mol. The average molecular weight is 313 g/mol. The molecule has 0 unspecified atom stereocenters. The summed E-state index contributed by atoms with van der Waals surface area (Å²) in [4.78, 5) is 1.54. The smallest absolute Gasteiger partial charge is 0.212 e. The van der Waals surface area contributed by atoms with Crippen LogP contribution in [0.4, 0.5) is 0 Å². The molecule has 1 fully saturated rings. The van der Waals surface area contributed by atoms with Crippen LogP contribution in [0.3, 0.4) is 0 Å². The highest BCUT2D eigenvalue weighted by molar-refractivity contribution is 7.88. The number of benzene rings is 1. The van der Waals surface area contributed by atoms with E-state index in [0.717, 1.165) is 0 Å². The minimum Gasteiger partial charge on any atom is -0.212 e. The molecule has 0 amide bonds. The number of sulfonamides is 1. The standard InChI is InChI=1S/C12H13ClN4O2S/c13-12-4-2-1-3-10(12)9-20(18,19)16-7-11(8-16)17-14-5-6-15-17/h1-6,11H,7-9H2. The van der Waals surface area contributed by atoms with Gasteiger partial charge in [0.1, 0.15) is 0 Å². The highest BCUT2D eigenvalue weighted by Gasteiger charge is 2.37. The SMILES string of the molecule is O=S(=O)(Cc1ccccc1Cl)N1CC(n2nccn2)C1. The third-order valence-corrected chi connectivity index (χ3v) is 5.41. The summed E-state index contributed by atoms with van der Waals surface area (Å²) >= 11 is 6.00. The number of nitrogens with zero attached hydrogens (tertiary/aromatic N) is 4. The fraction of sp³-hybridized carbons (Fsp3) is 0.333. The average Bonchev–Trinajstić information content (AvgIpc) is 2.83. The zero-order valence-corrected chi connectivity index (χ0v) is 12.1. The molecule has 0 bridgehead atoms. The normalized spacial score (nSPS) is 17.1. The summed E-state index contributed by atoms with van der Waals surface area (Å²) in [5, 5.41) is 8.51. The van der Waals surface area contributed by atoms with Crippen molar-refractivity contribution in [2.45, 2.75) is 11.8 Å². The zero-order chi connectivity index (χ0) is 14.2. The van der Waals surface area contributed by atoms with Gasteiger partial charge in [0, 0.05) is 18.1 Å². The van der Waals surface area contributed by atoms with Crippen molar-refractivity contribution in [3.8, 4) is 0 Å². The molecule has 6 nitrogen and oxygen atoms in total. The van der Waals surface area contributed by atoms with Crippen LogP contribution in [-0.4, -0.2) is 40.8 Å². The lowest BCUT2D eigenvalue weighted by Crippen LogP contribution is -2.51. The lowest BCUT2D eigenvalue weighted by atomic mass is 10.2. The van der Waals surface area contributed by atoms with E-state index in [2.05, 4.69) is 10.2 Å². The van der Waals surface area contributed by atoms with Crippen molar-refractivity contribution in [2.24, 2.45) is 0 Å². The maximum absolute atomic E-state index is 12.3. The van der Waals surface area contributed by atoms with Gasteiger partial charge in [0.15, 0.2) is 0 Å². The van der Waals surface area contributed by atoms with E-state index in [1.807, 2.05) is 0 Å². The van der Waals surface area contributed by atoms with Crippen molar-refractivity contribution < 1.29 is 8.42 Å². The first-order chi connectivity index (χ1) is 9.56. The Labute approximate surface area is 122 Å². The molecule has 3 rings (SSSR count). The first-order valence-corrected chi connectivity index (χ1v) is 8.12. The Hall–Kier alpha value is -1.44. The van der Waals surface area contributed by atoms with Gasteiger partial charge < -0.3 is 0 Å². The van der Waals surface area contributed by atoms with Crippen LogP contribution in [0.5, 0.6) is 0 Å². The van der Waals surface area contributed by atoms with Gasteiger partial charge in [0.2, 0.25) is 10.0 Å². The molecule has 1 aliphatic heterocycles. The van der Waals surface area contributed by atoms with Gasteiger partial charge in [-0.3, -0.25) is 0 Å². The van der Waals surface area contributed by atoms with E-state index < -0.39 is 10.0 Å². The van der Waals surface area contributed by atoms with Gasteiger partial charge in [-0.2, -0.15) is 19.3 Å². The van der Waals surface area contributed by atoms with Gasteiger partial charge in [-0.05, 0) is 11.6 Å². The largest absolute Gasteiger partial charge is 0.218 e. The van der Waals surface area contributed by atoms with Gasteiger partial charge in [-0.1, -0.05) is 29.8 Å². The lowest BCUT2D eigenvalue weighted by Gasteiger charge is -2.37. The van der Waals surface area contributed by atoms with Crippen LogP contribution >= 0.6 is 11.6 Å². The van der Waals surface area contributed by atoms with Crippen molar-refractivity contribution in [1.82, 2.24) is 19.3 Å². The van der Waals surface area contributed by atoms with Gasteiger partial charge >= 0.3 is 0 Å². The summed E-state index contributed by atoms with van der Waals surface area (Å²) in [6.45, 7) is 0.808. The number of hydrogen-bond acceptors (Lipinski definition) is 4. The molecule has 0 N–H and O–H groups in total. The fourth-order valence-corrected chi connectivity index (χ4v) is 4.02. The quantitative estimate of drug-likeness (QED) is 0.854. The second-order valence-electron chi connectivity index (χ2n) is 4.67. The molecule has 20 heavy (non-hydrogen) atoms. The molecule has 1 saturated heterocycles. The molecule has 8 heteroatoms. The van der Waals surface area contributed by atoms with Crippen molar-refractivity contribution in [2.75, 3.05) is 13.1 Å². The molecule has 0 aliphatic carbocycles. The van der Waals surface area contributed by atoms with E-state index in [-0.39, 0.29) is 11.8 Å². The maximum atomic E-state index is 12.3. The highest BCUT2D eigenvalue weighted by atomic mass is 35.5. The van der Waals surface area contributed by atoms with Crippen LogP contribution in [-0.2, 0) is 15.8 Å². The van der Waals surface area contributed by atoms with Crippen LogP contribution in [0.2, 0.25) is 5.02 Å². The first kappa shape index (κ1) is 13.5. The molecule has 0 saturated carbocycles. The summed E-state index contributed by atoms with van der Waals surface area (Å²) in [7, 11) is -3.34. The van der Waals surface area contributed by atoms with Crippen LogP contribution in [0.15, 0.2) is 36.7 Å². The molecule has 0 spiro atoms. The van der Waals surface area contributed by atoms with Crippen LogP contribution in [0, 0.1) is 0 Å². The Balaban J connectivity index is 1.67. The molecule has 1 aromatic heterocycles. The van der Waals surface area contributed by atoms with Gasteiger partial charge in [0.05, 0.1) is 24.2 Å². The molecule has 106 valence electrons. The maximum Gasteiger partial charge on any atom is 0.218 e. The molecule has 2 aromatic rings. The molecular formula is C12H13ClN4O2S. The molecule has 0 radical (unpaired) electrons. The third kappa shape index (κ3) is 2.56. The molecule has 0 atom stereocenters. The zero-order valence-electron chi connectivity index (χ0n) is 10.6. The Kier molecular flexibility index (Phi) is 3.49. The van der Waals surface area contributed by atoms with E-state index in [0.29, 0.717) is 23.7 Å². The van der Waals surface area contributed by atoms with Crippen LogP contribution in [0.25, 0.3) is 0 Å². The summed E-state index contributed by atoms with van der Waals surface area (Å²) in [6, 6.07) is 7.00. The summed E-state index contributed by atoms with van der Waals surface area (Å²) in [5.74, 6) is -0.0775. The summed E-state index contributed by atoms with van der Waals surface area (Å²) in [5.41, 5.74) is 0.620. The monoisotopic (exact) mass is 312 g/mol. The van der Waals surface area contributed by atoms with E-state index in [1.54, 1.807) is 41.5 Å². The number of hydrogen-bond donors (Lipinski definition) is 0. The van der Waals surface area contributed by atoms with Crippen LogP contribution in [0.1, 0.15) is 11.6 Å². The van der Waals surface area contributed by atoms with Crippen molar-refractivity contribution in [1.29, 1.82) is 0 Å². The molecule has 1 aliphatic rings. The minimum atomic E-state index is -3.34. The van der Waals surface area contributed by atoms with E-state index in [9.17, 15) is 8.42 Å². The van der Waals surface area contributed by atoms with Gasteiger partial charge in [0.25, 0.3) is 0 Å². The fourth-order valence-electron chi connectivity index (χ4n) is 2.11. The first-order valence-electron chi connectivity index (χ1n) is 6.13. The second kappa shape index (κ2) is 5.16. The van der Waals surface area contributed by atoms with E-state index >= 15 is 0 Å². The lowest BCUT2D eigenvalue weighted by molar-refractivity contribution is 0.175. The van der Waals surface area contributed by atoms with Crippen molar-refractivity contribution >= 4 is 21.6 Å². The van der Waals surface area contributed by atoms with Crippen molar-refractivity contribution in [3.05, 3.63) is 47.2 Å². The second-order valence-corrected chi connectivity index (χ2v) is 7.04. The van der Waals surface area contributed by atoms with Gasteiger partial charge in [-0.25, -0.2) is 8.42 Å². The highest BCUT2D eigenvalue weighted by Crippen LogP contribution is 2.26. The molecular weight excluding hydrogens is 300 g/mol.